The van der Waals surface area contributed by atoms with Crippen LogP contribution >= 0.6 is 0 Å². The van der Waals surface area contributed by atoms with Crippen molar-refractivity contribution in [3.63, 3.8) is 0 Å². The number of benzene rings is 2. The zero-order valence-corrected chi connectivity index (χ0v) is 12.9. The molecule has 2 amide bonds. The molecule has 8 heteroatoms. The van der Waals surface area contributed by atoms with Gasteiger partial charge < -0.3 is 10.2 Å². The molecule has 0 heterocycles. The van der Waals surface area contributed by atoms with Crippen molar-refractivity contribution < 1.29 is 25.0 Å². The number of aromatic hydroxyl groups is 2. The highest BCUT2D eigenvalue weighted by atomic mass is 16.5. The van der Waals surface area contributed by atoms with Crippen LogP contribution in [0.15, 0.2) is 53.6 Å². The highest BCUT2D eigenvalue weighted by Crippen LogP contribution is 2.26. The molecule has 5 N–H and O–H groups in total. The van der Waals surface area contributed by atoms with Crippen LogP contribution in [0, 0.1) is 0 Å². The molecule has 0 spiro atoms. The van der Waals surface area contributed by atoms with E-state index in [1.807, 2.05) is 0 Å². The summed E-state index contributed by atoms with van der Waals surface area (Å²) in [5, 5.41) is 31.1. The predicted molar refractivity (Wildman–Crippen MR) is 90.2 cm³/mol. The SMILES string of the molecule is O=C(/C=C/c1ccc(C(=O)N/N=C/c2cccc(O)c2O)cc1)NO. The first-order chi connectivity index (χ1) is 12.0. The van der Waals surface area contributed by atoms with Crippen molar-refractivity contribution in [2.75, 3.05) is 0 Å². The molecular weight excluding hydrogens is 326 g/mol. The number of phenols is 2. The van der Waals surface area contributed by atoms with Gasteiger partial charge in [-0.15, -0.1) is 0 Å². The molecule has 0 radical (unpaired) electrons. The van der Waals surface area contributed by atoms with E-state index in [0.717, 1.165) is 6.08 Å². The number of nitrogens with one attached hydrogen (secondary N) is 2. The van der Waals surface area contributed by atoms with Gasteiger partial charge in [-0.3, -0.25) is 14.8 Å². The molecule has 128 valence electrons. The Labute approximate surface area is 142 Å². The lowest BCUT2D eigenvalue weighted by Gasteiger charge is -2.02. The number of rotatable bonds is 5. The Kier molecular flexibility index (Phi) is 5.86. The average molecular weight is 341 g/mol. The van der Waals surface area contributed by atoms with Gasteiger partial charge >= 0.3 is 0 Å². The number of hydroxylamine groups is 1. The average Bonchev–Trinajstić information content (AvgIpc) is 2.63. The molecule has 0 aliphatic carbocycles. The lowest BCUT2D eigenvalue weighted by molar-refractivity contribution is -0.124. The number of hydrogen-bond donors (Lipinski definition) is 5. The molecule has 0 unspecified atom stereocenters. The Balaban J connectivity index is 1.99. The van der Waals surface area contributed by atoms with Crippen LogP contribution in [0.25, 0.3) is 6.08 Å². The van der Waals surface area contributed by atoms with Crippen LogP contribution < -0.4 is 10.9 Å². The first kappa shape index (κ1) is 17.7. The molecule has 8 nitrogen and oxygen atoms in total. The summed E-state index contributed by atoms with van der Waals surface area (Å²) in [7, 11) is 0. The van der Waals surface area contributed by atoms with E-state index in [-0.39, 0.29) is 17.1 Å². The fourth-order valence-corrected chi connectivity index (χ4v) is 1.83. The van der Waals surface area contributed by atoms with Crippen LogP contribution in [0.1, 0.15) is 21.5 Å². The van der Waals surface area contributed by atoms with Gasteiger partial charge in [-0.05, 0) is 35.9 Å². The molecule has 25 heavy (non-hydrogen) atoms. The van der Waals surface area contributed by atoms with Crippen molar-refractivity contribution in [3.05, 3.63) is 65.2 Å². The molecule has 0 aliphatic heterocycles. The first-order valence-electron chi connectivity index (χ1n) is 7.08. The van der Waals surface area contributed by atoms with Crippen molar-refractivity contribution in [1.82, 2.24) is 10.9 Å². The first-order valence-corrected chi connectivity index (χ1v) is 7.08. The van der Waals surface area contributed by atoms with Gasteiger partial charge in [0.2, 0.25) is 0 Å². The van der Waals surface area contributed by atoms with Crippen molar-refractivity contribution in [2.24, 2.45) is 5.10 Å². The van der Waals surface area contributed by atoms with Crippen LogP contribution in [0.4, 0.5) is 0 Å². The summed E-state index contributed by atoms with van der Waals surface area (Å²) in [6.07, 6.45) is 3.81. The summed E-state index contributed by atoms with van der Waals surface area (Å²) in [5.41, 5.74) is 5.01. The second-order valence-electron chi connectivity index (χ2n) is 4.85. The lowest BCUT2D eigenvalue weighted by atomic mass is 10.1. The Morgan fingerprint density at radius 1 is 1.04 bits per heavy atom. The second kappa shape index (κ2) is 8.27. The van der Waals surface area contributed by atoms with Crippen LogP contribution in [0.3, 0.4) is 0 Å². The molecule has 0 saturated heterocycles. The normalized spacial score (nSPS) is 10.9. The fraction of sp³-hybridized carbons (Fsp3) is 0. The van der Waals surface area contributed by atoms with Gasteiger partial charge in [0.25, 0.3) is 11.8 Å². The zero-order valence-electron chi connectivity index (χ0n) is 12.9. The van der Waals surface area contributed by atoms with Crippen molar-refractivity contribution >= 4 is 24.1 Å². The summed E-state index contributed by atoms with van der Waals surface area (Å²) in [5.74, 6) is -1.75. The van der Waals surface area contributed by atoms with Crippen molar-refractivity contribution in [1.29, 1.82) is 0 Å². The van der Waals surface area contributed by atoms with Gasteiger partial charge in [-0.1, -0.05) is 18.2 Å². The summed E-state index contributed by atoms with van der Waals surface area (Å²) in [6, 6.07) is 10.7. The van der Waals surface area contributed by atoms with E-state index >= 15 is 0 Å². The van der Waals surface area contributed by atoms with Gasteiger partial charge in [0, 0.05) is 17.2 Å². The number of nitrogens with zero attached hydrogens (tertiary/aromatic N) is 1. The van der Waals surface area contributed by atoms with E-state index in [1.54, 1.807) is 12.1 Å². The monoisotopic (exact) mass is 341 g/mol. The standard InChI is InChI=1S/C17H15N3O5/c21-14-3-1-2-13(16(14)23)10-18-19-17(24)12-7-4-11(5-8-12)6-9-15(22)20-25/h1-10,21,23,25H,(H,19,24)(H,20,22)/b9-6+,18-10+. The predicted octanol–water partition coefficient (Wildman–Crippen LogP) is 1.38. The third-order valence-electron chi connectivity index (χ3n) is 3.13. The molecule has 0 atom stereocenters. The minimum absolute atomic E-state index is 0.253. The summed E-state index contributed by atoms with van der Waals surface area (Å²) in [4.78, 5) is 22.8. The summed E-state index contributed by atoms with van der Waals surface area (Å²) in [6.45, 7) is 0. The maximum absolute atomic E-state index is 12.0. The van der Waals surface area contributed by atoms with E-state index in [0.29, 0.717) is 11.1 Å². The van der Waals surface area contributed by atoms with Crippen LogP contribution in [-0.4, -0.2) is 33.4 Å². The number of hydrogen-bond acceptors (Lipinski definition) is 6. The molecule has 0 aromatic heterocycles. The van der Waals surface area contributed by atoms with E-state index < -0.39 is 11.8 Å². The molecular formula is C17H15N3O5. The molecule has 2 aromatic rings. The minimum Gasteiger partial charge on any atom is -0.504 e. The highest BCUT2D eigenvalue weighted by Gasteiger charge is 2.05. The second-order valence-corrected chi connectivity index (χ2v) is 4.85. The Morgan fingerprint density at radius 2 is 1.76 bits per heavy atom. The van der Waals surface area contributed by atoms with Gasteiger partial charge in [0.05, 0.1) is 6.21 Å². The van der Waals surface area contributed by atoms with E-state index in [4.69, 9.17) is 5.21 Å². The fourth-order valence-electron chi connectivity index (χ4n) is 1.83. The molecule has 0 fully saturated rings. The molecule has 0 saturated carbocycles. The van der Waals surface area contributed by atoms with Crippen LogP contribution in [0.5, 0.6) is 11.5 Å². The number of carbonyl (C=O) groups is 2. The quantitative estimate of drug-likeness (QED) is 0.184. The van der Waals surface area contributed by atoms with E-state index in [2.05, 4.69) is 10.5 Å². The van der Waals surface area contributed by atoms with Gasteiger partial charge in [0.1, 0.15) is 0 Å². The third-order valence-corrected chi connectivity index (χ3v) is 3.13. The Hall–Kier alpha value is -3.65. The molecule has 0 aliphatic rings. The van der Waals surface area contributed by atoms with Gasteiger partial charge in [-0.2, -0.15) is 5.10 Å². The highest BCUT2D eigenvalue weighted by molar-refractivity contribution is 5.95. The van der Waals surface area contributed by atoms with E-state index in [1.165, 1.54) is 48.1 Å². The Bertz CT molecular complexity index is 829. The van der Waals surface area contributed by atoms with Crippen LogP contribution in [0.2, 0.25) is 0 Å². The lowest BCUT2D eigenvalue weighted by Crippen LogP contribution is -2.17. The third kappa shape index (κ3) is 4.91. The topological polar surface area (TPSA) is 131 Å². The van der Waals surface area contributed by atoms with Crippen molar-refractivity contribution in [3.8, 4) is 11.5 Å². The van der Waals surface area contributed by atoms with Gasteiger partial charge in [-0.25, -0.2) is 10.9 Å². The summed E-state index contributed by atoms with van der Waals surface area (Å²) >= 11 is 0. The number of amides is 2. The smallest absolute Gasteiger partial charge is 0.271 e. The maximum Gasteiger partial charge on any atom is 0.271 e. The molecule has 2 rings (SSSR count). The number of carbonyl (C=O) groups excluding carboxylic acids is 2. The maximum atomic E-state index is 12.0. The zero-order chi connectivity index (χ0) is 18.2. The molecule has 2 aromatic carbocycles. The number of hydrazone groups is 1. The molecule has 0 bridgehead atoms. The number of para-hydroxylation sites is 1. The summed E-state index contributed by atoms with van der Waals surface area (Å²) < 4.78 is 0. The van der Waals surface area contributed by atoms with Crippen LogP contribution in [-0.2, 0) is 4.79 Å². The number of phenolic OH excluding ortho intramolecular Hbond substituents is 2. The minimum atomic E-state index is -0.661. The van der Waals surface area contributed by atoms with Gasteiger partial charge in [0.15, 0.2) is 11.5 Å². The Morgan fingerprint density at radius 3 is 2.44 bits per heavy atom. The largest absolute Gasteiger partial charge is 0.504 e. The van der Waals surface area contributed by atoms with E-state index in [9.17, 15) is 19.8 Å². The van der Waals surface area contributed by atoms with Crippen molar-refractivity contribution in [2.45, 2.75) is 0 Å².